The number of carbonyl (C=O) groups excluding carboxylic acids is 1. The molecule has 2 aromatic carbocycles. The van der Waals surface area contributed by atoms with Crippen molar-refractivity contribution in [2.45, 2.75) is 39.2 Å². The van der Waals surface area contributed by atoms with Gasteiger partial charge in [-0.25, -0.2) is 0 Å². The highest BCUT2D eigenvalue weighted by molar-refractivity contribution is 6.31. The van der Waals surface area contributed by atoms with Crippen molar-refractivity contribution in [1.82, 2.24) is 10.2 Å². The number of amides is 1. The molecule has 2 aromatic rings. The van der Waals surface area contributed by atoms with Gasteiger partial charge in [-0.2, -0.15) is 0 Å². The maximum Gasteiger partial charge on any atom is 0.258 e. The lowest BCUT2D eigenvalue weighted by atomic mass is 10.0. The van der Waals surface area contributed by atoms with Crippen molar-refractivity contribution in [2.24, 2.45) is 0 Å². The molecular weight excluding hydrogens is 372 g/mol. The first-order chi connectivity index (χ1) is 13.6. The molecule has 1 N–H and O–H groups in total. The number of ether oxygens (including phenoxy) is 1. The summed E-state index contributed by atoms with van der Waals surface area (Å²) in [7, 11) is 0. The summed E-state index contributed by atoms with van der Waals surface area (Å²) in [6, 6.07) is 14.0. The fraction of sp³-hybridized carbons (Fsp3) is 0.435. The van der Waals surface area contributed by atoms with E-state index in [0.29, 0.717) is 6.54 Å². The van der Waals surface area contributed by atoms with E-state index in [-0.39, 0.29) is 18.6 Å². The quantitative estimate of drug-likeness (QED) is 0.733. The third-order valence-electron chi connectivity index (χ3n) is 5.34. The van der Waals surface area contributed by atoms with Crippen LogP contribution in [0.4, 0.5) is 0 Å². The molecule has 0 aromatic heterocycles. The monoisotopic (exact) mass is 400 g/mol. The fourth-order valence-corrected chi connectivity index (χ4v) is 4.10. The molecule has 1 fully saturated rings. The predicted octanol–water partition coefficient (Wildman–Crippen LogP) is 4.68. The molecule has 1 atom stereocenters. The van der Waals surface area contributed by atoms with E-state index in [2.05, 4.69) is 16.3 Å². The summed E-state index contributed by atoms with van der Waals surface area (Å²) < 4.78 is 5.78. The van der Waals surface area contributed by atoms with Gasteiger partial charge in [-0.15, -0.1) is 0 Å². The molecule has 1 saturated heterocycles. The summed E-state index contributed by atoms with van der Waals surface area (Å²) in [5, 5.41) is 3.80. The molecule has 0 spiro atoms. The number of hydrogen-bond acceptors (Lipinski definition) is 3. The Morgan fingerprint density at radius 2 is 1.75 bits per heavy atom. The van der Waals surface area contributed by atoms with Gasteiger partial charge in [-0.05, 0) is 62.5 Å². The number of likely N-dealkylation sites (tertiary alicyclic amines) is 1. The Balaban J connectivity index is 1.63. The average Bonchev–Trinajstić information content (AvgIpc) is 2.70. The van der Waals surface area contributed by atoms with Gasteiger partial charge < -0.3 is 10.1 Å². The number of halogens is 1. The second-order valence-corrected chi connectivity index (χ2v) is 7.85. The molecule has 0 radical (unpaired) electrons. The Morgan fingerprint density at radius 1 is 1.07 bits per heavy atom. The van der Waals surface area contributed by atoms with Gasteiger partial charge in [0.15, 0.2) is 6.61 Å². The molecule has 150 valence electrons. The Morgan fingerprint density at radius 3 is 2.43 bits per heavy atom. The Hall–Kier alpha value is -2.04. The van der Waals surface area contributed by atoms with Gasteiger partial charge in [0, 0.05) is 11.6 Å². The van der Waals surface area contributed by atoms with Gasteiger partial charge in [0.25, 0.3) is 5.91 Å². The van der Waals surface area contributed by atoms with Crippen molar-refractivity contribution in [3.05, 3.63) is 64.2 Å². The molecule has 0 aliphatic carbocycles. The van der Waals surface area contributed by atoms with Crippen LogP contribution in [-0.4, -0.2) is 37.0 Å². The molecule has 5 heteroatoms. The Bertz CT molecular complexity index is 783. The minimum Gasteiger partial charge on any atom is -0.483 e. The number of piperidine rings is 1. The van der Waals surface area contributed by atoms with Gasteiger partial charge in [-0.1, -0.05) is 54.4 Å². The molecule has 4 nitrogen and oxygen atoms in total. The lowest BCUT2D eigenvalue weighted by molar-refractivity contribution is -0.123. The third-order valence-corrected chi connectivity index (χ3v) is 5.69. The highest BCUT2D eigenvalue weighted by Gasteiger charge is 2.24. The second-order valence-electron chi connectivity index (χ2n) is 7.45. The van der Waals surface area contributed by atoms with E-state index in [0.717, 1.165) is 40.6 Å². The largest absolute Gasteiger partial charge is 0.483 e. The van der Waals surface area contributed by atoms with Crippen molar-refractivity contribution in [2.75, 3.05) is 26.2 Å². The van der Waals surface area contributed by atoms with Crippen LogP contribution >= 0.6 is 11.6 Å². The fourth-order valence-electron chi connectivity index (χ4n) is 3.84. The van der Waals surface area contributed by atoms with Gasteiger partial charge in [0.2, 0.25) is 0 Å². The number of rotatable bonds is 7. The maximum atomic E-state index is 12.5. The van der Waals surface area contributed by atoms with E-state index in [1.807, 2.05) is 50.2 Å². The summed E-state index contributed by atoms with van der Waals surface area (Å²) in [5.74, 6) is 0.674. The van der Waals surface area contributed by atoms with Crippen LogP contribution in [0.3, 0.4) is 0 Å². The van der Waals surface area contributed by atoms with Crippen molar-refractivity contribution in [3.8, 4) is 5.75 Å². The Kier molecular flexibility index (Phi) is 7.35. The van der Waals surface area contributed by atoms with Crippen LogP contribution in [0.25, 0.3) is 0 Å². The predicted molar refractivity (Wildman–Crippen MR) is 114 cm³/mol. The number of para-hydroxylation sites is 1. The highest BCUT2D eigenvalue weighted by Crippen LogP contribution is 2.29. The lowest BCUT2D eigenvalue weighted by Crippen LogP contribution is -2.41. The summed E-state index contributed by atoms with van der Waals surface area (Å²) in [6.07, 6.45) is 3.64. The van der Waals surface area contributed by atoms with E-state index in [4.69, 9.17) is 16.3 Å². The van der Waals surface area contributed by atoms with Crippen LogP contribution in [0.5, 0.6) is 5.75 Å². The highest BCUT2D eigenvalue weighted by atomic mass is 35.5. The summed E-state index contributed by atoms with van der Waals surface area (Å²) in [5.41, 5.74) is 3.15. The molecule has 28 heavy (non-hydrogen) atoms. The SMILES string of the molecule is Cc1cccc(C)c1OCC(=O)NCC(c1ccccc1Cl)N1CCCCC1. The van der Waals surface area contributed by atoms with Crippen molar-refractivity contribution in [3.63, 3.8) is 0 Å². The number of nitrogens with zero attached hydrogens (tertiary/aromatic N) is 1. The first-order valence-electron chi connectivity index (χ1n) is 10.0. The Labute approximate surface area is 172 Å². The second kappa shape index (κ2) is 9.94. The molecule has 3 rings (SSSR count). The van der Waals surface area contributed by atoms with Gasteiger partial charge >= 0.3 is 0 Å². The van der Waals surface area contributed by atoms with Crippen molar-refractivity contribution in [1.29, 1.82) is 0 Å². The zero-order valence-corrected chi connectivity index (χ0v) is 17.5. The first kappa shape index (κ1) is 20.7. The van der Waals surface area contributed by atoms with Crippen LogP contribution in [0.2, 0.25) is 5.02 Å². The molecular formula is C23H29ClN2O2. The number of carbonyl (C=O) groups is 1. The topological polar surface area (TPSA) is 41.6 Å². The van der Waals surface area contributed by atoms with Gasteiger partial charge in [-0.3, -0.25) is 9.69 Å². The molecule has 1 aliphatic rings. The van der Waals surface area contributed by atoms with E-state index in [1.165, 1.54) is 19.3 Å². The maximum absolute atomic E-state index is 12.5. The lowest BCUT2D eigenvalue weighted by Gasteiger charge is -2.35. The molecule has 1 heterocycles. The number of aryl methyl sites for hydroxylation is 2. The van der Waals surface area contributed by atoms with Crippen LogP contribution in [-0.2, 0) is 4.79 Å². The summed E-state index contributed by atoms with van der Waals surface area (Å²) in [6.45, 7) is 6.59. The van der Waals surface area contributed by atoms with E-state index < -0.39 is 0 Å². The third kappa shape index (κ3) is 5.27. The van der Waals surface area contributed by atoms with Crippen LogP contribution < -0.4 is 10.1 Å². The number of benzene rings is 2. The van der Waals surface area contributed by atoms with Gasteiger partial charge in [0.1, 0.15) is 5.75 Å². The van der Waals surface area contributed by atoms with Crippen molar-refractivity contribution < 1.29 is 9.53 Å². The summed E-state index contributed by atoms with van der Waals surface area (Å²) in [4.78, 5) is 14.9. The summed E-state index contributed by atoms with van der Waals surface area (Å²) >= 11 is 6.47. The zero-order valence-electron chi connectivity index (χ0n) is 16.7. The van der Waals surface area contributed by atoms with E-state index >= 15 is 0 Å². The van der Waals surface area contributed by atoms with Crippen molar-refractivity contribution >= 4 is 17.5 Å². The number of nitrogens with one attached hydrogen (secondary N) is 1. The first-order valence-corrected chi connectivity index (χ1v) is 10.4. The van der Waals surface area contributed by atoms with Crippen LogP contribution in [0, 0.1) is 13.8 Å². The normalized spacial score (nSPS) is 15.8. The minimum atomic E-state index is -0.114. The van der Waals surface area contributed by atoms with Crippen LogP contribution in [0.15, 0.2) is 42.5 Å². The molecule has 0 bridgehead atoms. The molecule has 1 aliphatic heterocycles. The average molecular weight is 401 g/mol. The van der Waals surface area contributed by atoms with Gasteiger partial charge in [0.05, 0.1) is 6.04 Å². The minimum absolute atomic E-state index is 0.0148. The van der Waals surface area contributed by atoms with E-state index in [9.17, 15) is 4.79 Å². The molecule has 1 amide bonds. The smallest absolute Gasteiger partial charge is 0.258 e. The standard InChI is InChI=1S/C23H29ClN2O2/c1-17-9-8-10-18(2)23(17)28-16-22(27)25-15-21(26-13-6-3-7-14-26)19-11-4-5-12-20(19)24/h4-5,8-12,21H,3,6-7,13-16H2,1-2H3,(H,25,27). The van der Waals surface area contributed by atoms with Crippen LogP contribution in [0.1, 0.15) is 42.0 Å². The molecule has 1 unspecified atom stereocenters. The zero-order chi connectivity index (χ0) is 19.9. The molecule has 0 saturated carbocycles. The van der Waals surface area contributed by atoms with E-state index in [1.54, 1.807) is 0 Å². The number of hydrogen-bond donors (Lipinski definition) is 1.